The summed E-state index contributed by atoms with van der Waals surface area (Å²) in [5.41, 5.74) is 4.32. The van der Waals surface area contributed by atoms with E-state index in [1.165, 1.54) is 11.1 Å². The van der Waals surface area contributed by atoms with Crippen molar-refractivity contribution < 1.29 is 14.3 Å². The molecule has 0 spiro atoms. The Labute approximate surface area is 204 Å². The second kappa shape index (κ2) is 11.1. The Morgan fingerprint density at radius 2 is 1.71 bits per heavy atom. The number of rotatable bonds is 10. The summed E-state index contributed by atoms with van der Waals surface area (Å²) in [7, 11) is 0. The molecule has 4 rings (SSSR count). The fourth-order valence-electron chi connectivity index (χ4n) is 3.85. The lowest BCUT2D eigenvalue weighted by atomic mass is 10.1. The minimum atomic E-state index is -0.216. The molecular weight excluding hydrogens is 450 g/mol. The summed E-state index contributed by atoms with van der Waals surface area (Å²) in [6.07, 6.45) is 0.813. The van der Waals surface area contributed by atoms with E-state index in [0.29, 0.717) is 23.9 Å². The molecular formula is C27H28ClN3O3. The zero-order valence-electron chi connectivity index (χ0n) is 19.4. The van der Waals surface area contributed by atoms with E-state index in [4.69, 9.17) is 26.1 Å². The first-order valence-electron chi connectivity index (χ1n) is 11.3. The number of imidazole rings is 1. The van der Waals surface area contributed by atoms with Crippen LogP contribution in [0.2, 0.25) is 5.02 Å². The van der Waals surface area contributed by atoms with E-state index in [-0.39, 0.29) is 12.5 Å². The van der Waals surface area contributed by atoms with Crippen molar-refractivity contribution in [3.8, 4) is 11.5 Å². The molecule has 0 aliphatic heterocycles. The van der Waals surface area contributed by atoms with Gasteiger partial charge in [-0.3, -0.25) is 4.79 Å². The van der Waals surface area contributed by atoms with Crippen molar-refractivity contribution in [1.29, 1.82) is 0 Å². The summed E-state index contributed by atoms with van der Waals surface area (Å²) in [5, 5.41) is 3.53. The number of nitrogens with zero attached hydrogens (tertiary/aromatic N) is 2. The van der Waals surface area contributed by atoms with Crippen LogP contribution < -0.4 is 14.8 Å². The molecule has 1 amide bonds. The van der Waals surface area contributed by atoms with Crippen molar-refractivity contribution in [2.75, 3.05) is 13.2 Å². The highest BCUT2D eigenvalue weighted by atomic mass is 35.5. The Kier molecular flexibility index (Phi) is 7.70. The molecule has 0 radical (unpaired) electrons. The molecule has 4 aromatic rings. The number of hydrogen-bond acceptors (Lipinski definition) is 4. The fraction of sp³-hybridized carbons (Fsp3) is 0.259. The van der Waals surface area contributed by atoms with Gasteiger partial charge in [0.2, 0.25) is 0 Å². The van der Waals surface area contributed by atoms with Gasteiger partial charge in [-0.15, -0.1) is 0 Å². The van der Waals surface area contributed by atoms with E-state index in [0.717, 1.165) is 35.6 Å². The van der Waals surface area contributed by atoms with Gasteiger partial charge in [-0.2, -0.15) is 0 Å². The summed E-state index contributed by atoms with van der Waals surface area (Å²) in [6, 6.07) is 21.1. The first-order valence-corrected chi connectivity index (χ1v) is 11.7. The Morgan fingerprint density at radius 1 is 0.971 bits per heavy atom. The number of benzene rings is 3. The molecule has 0 saturated heterocycles. The number of halogens is 1. The minimum absolute atomic E-state index is 0.0778. The van der Waals surface area contributed by atoms with Gasteiger partial charge in [0.25, 0.3) is 5.91 Å². The predicted molar refractivity (Wildman–Crippen MR) is 135 cm³/mol. The lowest BCUT2D eigenvalue weighted by Gasteiger charge is -2.12. The third-order valence-electron chi connectivity index (χ3n) is 5.35. The fourth-order valence-corrected chi connectivity index (χ4v) is 3.97. The number of aryl methyl sites for hydroxylation is 3. The van der Waals surface area contributed by atoms with Crippen LogP contribution in [0.3, 0.4) is 0 Å². The number of amides is 1. The van der Waals surface area contributed by atoms with Crippen LogP contribution in [0, 0.1) is 13.8 Å². The monoisotopic (exact) mass is 477 g/mol. The number of ether oxygens (including phenoxy) is 2. The summed E-state index contributed by atoms with van der Waals surface area (Å²) >= 11 is 5.88. The third-order valence-corrected chi connectivity index (χ3v) is 5.60. The summed E-state index contributed by atoms with van der Waals surface area (Å²) in [4.78, 5) is 17.1. The van der Waals surface area contributed by atoms with Crippen LogP contribution >= 0.6 is 11.6 Å². The van der Waals surface area contributed by atoms with Crippen molar-refractivity contribution in [2.24, 2.45) is 0 Å². The van der Waals surface area contributed by atoms with Gasteiger partial charge in [-0.25, -0.2) is 4.98 Å². The Bertz CT molecular complexity index is 1250. The molecule has 0 aliphatic rings. The molecule has 0 aliphatic carbocycles. The molecule has 7 heteroatoms. The van der Waals surface area contributed by atoms with Crippen molar-refractivity contribution in [3.63, 3.8) is 0 Å². The molecule has 0 atom stereocenters. The third kappa shape index (κ3) is 6.29. The van der Waals surface area contributed by atoms with Gasteiger partial charge in [0.05, 0.1) is 24.2 Å². The molecule has 1 N–H and O–H groups in total. The smallest absolute Gasteiger partial charge is 0.258 e. The van der Waals surface area contributed by atoms with Crippen molar-refractivity contribution in [1.82, 2.24) is 14.9 Å². The number of hydrogen-bond donors (Lipinski definition) is 1. The van der Waals surface area contributed by atoms with E-state index >= 15 is 0 Å². The second-order valence-corrected chi connectivity index (χ2v) is 8.65. The van der Waals surface area contributed by atoms with Crippen LogP contribution in [0.4, 0.5) is 0 Å². The molecule has 6 nitrogen and oxygen atoms in total. The van der Waals surface area contributed by atoms with Crippen LogP contribution in [0.1, 0.15) is 23.4 Å². The number of para-hydroxylation sites is 2. The molecule has 0 unspecified atom stereocenters. The number of carbonyl (C=O) groups is 1. The number of carbonyl (C=O) groups excluding carboxylic acids is 1. The van der Waals surface area contributed by atoms with Gasteiger partial charge in [0.1, 0.15) is 17.3 Å². The molecule has 0 bridgehead atoms. The molecule has 0 saturated carbocycles. The zero-order valence-corrected chi connectivity index (χ0v) is 20.1. The standard InChI is InChI=1S/C27H28ClN3O3/c1-19-14-20(2)16-23(15-19)33-13-5-12-31-25-7-4-3-6-24(25)30-26(31)17-29-27(32)18-34-22-10-8-21(28)9-11-22/h3-4,6-11,14-16H,5,12-13,17-18H2,1-2H3,(H,29,32). The summed E-state index contributed by atoms with van der Waals surface area (Å²) < 4.78 is 13.6. The van der Waals surface area contributed by atoms with E-state index < -0.39 is 0 Å². The van der Waals surface area contributed by atoms with Crippen LogP contribution in [-0.2, 0) is 17.9 Å². The summed E-state index contributed by atoms with van der Waals surface area (Å²) in [5.74, 6) is 2.07. The van der Waals surface area contributed by atoms with Crippen molar-refractivity contribution in [3.05, 3.63) is 88.7 Å². The predicted octanol–water partition coefficient (Wildman–Crippen LogP) is 5.47. The van der Waals surface area contributed by atoms with E-state index in [1.807, 2.05) is 36.4 Å². The molecule has 1 aromatic heterocycles. The second-order valence-electron chi connectivity index (χ2n) is 8.21. The molecule has 176 valence electrons. The van der Waals surface area contributed by atoms with E-state index in [9.17, 15) is 4.79 Å². The lowest BCUT2D eigenvalue weighted by molar-refractivity contribution is -0.123. The zero-order chi connectivity index (χ0) is 23.9. The van der Waals surface area contributed by atoms with Gasteiger partial charge in [0.15, 0.2) is 6.61 Å². The first kappa shape index (κ1) is 23.6. The normalized spacial score (nSPS) is 10.9. The largest absolute Gasteiger partial charge is 0.494 e. The quantitative estimate of drug-likeness (QED) is 0.307. The van der Waals surface area contributed by atoms with Crippen molar-refractivity contribution >= 4 is 28.5 Å². The van der Waals surface area contributed by atoms with Crippen LogP contribution in [-0.4, -0.2) is 28.7 Å². The average molecular weight is 478 g/mol. The highest BCUT2D eigenvalue weighted by Gasteiger charge is 2.12. The van der Waals surface area contributed by atoms with E-state index in [2.05, 4.69) is 29.8 Å². The highest BCUT2D eigenvalue weighted by Crippen LogP contribution is 2.19. The SMILES string of the molecule is Cc1cc(C)cc(OCCCn2c(CNC(=O)COc3ccc(Cl)cc3)nc3ccccc32)c1. The minimum Gasteiger partial charge on any atom is -0.494 e. The molecule has 34 heavy (non-hydrogen) atoms. The van der Waals surface area contributed by atoms with Crippen LogP contribution in [0.15, 0.2) is 66.7 Å². The molecule has 0 fully saturated rings. The average Bonchev–Trinajstić information content (AvgIpc) is 3.17. The Balaban J connectivity index is 1.34. The van der Waals surface area contributed by atoms with Gasteiger partial charge < -0.3 is 19.4 Å². The maximum absolute atomic E-state index is 12.3. The number of nitrogens with one attached hydrogen (secondary N) is 1. The van der Waals surface area contributed by atoms with Gasteiger partial charge in [0, 0.05) is 11.6 Å². The summed E-state index contributed by atoms with van der Waals surface area (Å²) in [6.45, 7) is 5.70. The Morgan fingerprint density at radius 3 is 2.47 bits per heavy atom. The number of aromatic nitrogens is 2. The van der Waals surface area contributed by atoms with E-state index in [1.54, 1.807) is 24.3 Å². The molecule has 3 aromatic carbocycles. The first-order chi connectivity index (χ1) is 16.5. The highest BCUT2D eigenvalue weighted by molar-refractivity contribution is 6.30. The van der Waals surface area contributed by atoms with Crippen LogP contribution in [0.5, 0.6) is 11.5 Å². The molecule has 1 heterocycles. The van der Waals surface area contributed by atoms with Crippen LogP contribution in [0.25, 0.3) is 11.0 Å². The maximum Gasteiger partial charge on any atom is 0.258 e. The van der Waals surface area contributed by atoms with Gasteiger partial charge >= 0.3 is 0 Å². The Hall–Kier alpha value is -3.51. The lowest BCUT2D eigenvalue weighted by Crippen LogP contribution is -2.29. The van der Waals surface area contributed by atoms with Gasteiger partial charge in [-0.05, 0) is 79.9 Å². The van der Waals surface area contributed by atoms with Gasteiger partial charge in [-0.1, -0.05) is 29.8 Å². The van der Waals surface area contributed by atoms with Crippen molar-refractivity contribution in [2.45, 2.75) is 33.4 Å². The number of fused-ring (bicyclic) bond motifs is 1. The maximum atomic E-state index is 12.3. The topological polar surface area (TPSA) is 65.4 Å².